The van der Waals surface area contributed by atoms with Crippen molar-refractivity contribution >= 4 is 15.9 Å². The van der Waals surface area contributed by atoms with E-state index in [0.29, 0.717) is 18.7 Å². The van der Waals surface area contributed by atoms with Crippen molar-refractivity contribution in [1.29, 1.82) is 0 Å². The van der Waals surface area contributed by atoms with Crippen LogP contribution in [0.15, 0.2) is 22.7 Å². The maximum Gasteiger partial charge on any atom is 0.128 e. The predicted octanol–water partition coefficient (Wildman–Crippen LogP) is 2.15. The minimum Gasteiger partial charge on any atom is -0.392 e. The highest BCUT2D eigenvalue weighted by atomic mass is 79.9. The Morgan fingerprint density at radius 2 is 2.33 bits per heavy atom. The number of benzene rings is 1. The molecule has 1 atom stereocenters. The molecular weight excluding hydrogens is 261 g/mol. The fourth-order valence-corrected chi connectivity index (χ4v) is 2.18. The maximum atomic E-state index is 13.5. The van der Waals surface area contributed by atoms with E-state index in [1.54, 1.807) is 6.07 Å². The molecule has 1 N–H and O–H groups in total. The van der Waals surface area contributed by atoms with Crippen molar-refractivity contribution in [2.45, 2.75) is 19.1 Å². The molecule has 1 aliphatic heterocycles. The number of hydrogen-bond donors (Lipinski definition) is 1. The summed E-state index contributed by atoms with van der Waals surface area (Å²) in [6.07, 6.45) is 0.543. The highest BCUT2D eigenvalue weighted by Crippen LogP contribution is 2.19. The minimum atomic E-state index is -0.247. The van der Waals surface area contributed by atoms with Gasteiger partial charge in [-0.05, 0) is 18.6 Å². The van der Waals surface area contributed by atoms with Gasteiger partial charge in [-0.25, -0.2) is 4.39 Å². The third-order valence-corrected chi connectivity index (χ3v) is 3.15. The molecule has 2 rings (SSSR count). The molecule has 0 amide bonds. The molecule has 1 heterocycles. The van der Waals surface area contributed by atoms with Gasteiger partial charge < -0.3 is 5.11 Å². The smallest absolute Gasteiger partial charge is 0.128 e. The summed E-state index contributed by atoms with van der Waals surface area (Å²) in [6.45, 7) is 2.07. The predicted molar refractivity (Wildman–Crippen MR) is 60.0 cm³/mol. The molecular formula is C11H13BrFNO. The summed E-state index contributed by atoms with van der Waals surface area (Å²) >= 11 is 3.22. The molecule has 0 radical (unpaired) electrons. The van der Waals surface area contributed by atoms with E-state index < -0.39 is 0 Å². The van der Waals surface area contributed by atoms with Crippen LogP contribution in [0.5, 0.6) is 0 Å². The van der Waals surface area contributed by atoms with Crippen molar-refractivity contribution in [3.8, 4) is 0 Å². The van der Waals surface area contributed by atoms with E-state index in [4.69, 9.17) is 0 Å². The van der Waals surface area contributed by atoms with Crippen LogP contribution in [0, 0.1) is 5.82 Å². The Hall–Kier alpha value is -0.450. The fourth-order valence-electron chi connectivity index (χ4n) is 1.85. The minimum absolute atomic E-state index is 0.189. The normalized spacial score (nSPS) is 22.2. The Morgan fingerprint density at radius 3 is 2.93 bits per heavy atom. The first-order valence-corrected chi connectivity index (χ1v) is 5.79. The van der Waals surface area contributed by atoms with Crippen LogP contribution in [-0.2, 0) is 6.54 Å². The van der Waals surface area contributed by atoms with Gasteiger partial charge in [0.2, 0.25) is 0 Å². The van der Waals surface area contributed by atoms with Crippen LogP contribution in [0.4, 0.5) is 4.39 Å². The largest absolute Gasteiger partial charge is 0.392 e. The van der Waals surface area contributed by atoms with Crippen molar-refractivity contribution in [3.63, 3.8) is 0 Å². The highest BCUT2D eigenvalue weighted by molar-refractivity contribution is 9.10. The van der Waals surface area contributed by atoms with Crippen LogP contribution in [0.2, 0.25) is 0 Å². The lowest BCUT2D eigenvalue weighted by Crippen LogP contribution is -2.22. The van der Waals surface area contributed by atoms with E-state index in [0.717, 1.165) is 17.4 Å². The Kier molecular flexibility index (Phi) is 3.38. The fraction of sp³-hybridized carbons (Fsp3) is 0.455. The molecule has 0 bridgehead atoms. The molecule has 0 spiro atoms. The molecule has 0 saturated carbocycles. The van der Waals surface area contributed by atoms with Gasteiger partial charge in [-0.15, -0.1) is 0 Å². The summed E-state index contributed by atoms with van der Waals surface area (Å²) in [7, 11) is 0. The monoisotopic (exact) mass is 273 g/mol. The summed E-state index contributed by atoms with van der Waals surface area (Å²) in [5.41, 5.74) is 0.687. The molecule has 1 aliphatic rings. The third-order valence-electron chi connectivity index (χ3n) is 2.66. The average Bonchev–Trinajstić information content (AvgIpc) is 2.56. The Morgan fingerprint density at radius 1 is 1.53 bits per heavy atom. The van der Waals surface area contributed by atoms with E-state index in [1.807, 2.05) is 6.07 Å². The second-order valence-corrected chi connectivity index (χ2v) is 4.83. The standard InChI is InChI=1S/C11H13BrFNO/c12-9-2-1-8(11(13)5-9)6-14-4-3-10(15)7-14/h1-2,5,10,15H,3-4,6-7H2. The molecule has 2 nitrogen and oxygen atoms in total. The summed E-state index contributed by atoms with van der Waals surface area (Å²) in [5, 5.41) is 9.35. The first-order chi connectivity index (χ1) is 7.15. The van der Waals surface area contributed by atoms with Crippen molar-refractivity contribution < 1.29 is 9.50 Å². The number of nitrogens with zero attached hydrogens (tertiary/aromatic N) is 1. The van der Waals surface area contributed by atoms with E-state index in [2.05, 4.69) is 20.8 Å². The average molecular weight is 274 g/mol. The van der Waals surface area contributed by atoms with Crippen LogP contribution in [-0.4, -0.2) is 29.2 Å². The number of likely N-dealkylation sites (tertiary alicyclic amines) is 1. The first kappa shape index (κ1) is 11.0. The second-order valence-electron chi connectivity index (χ2n) is 3.91. The molecule has 0 aliphatic carbocycles. The Bertz CT molecular complexity index is 358. The summed E-state index contributed by atoms with van der Waals surface area (Å²) in [5.74, 6) is -0.189. The van der Waals surface area contributed by atoms with E-state index >= 15 is 0 Å². The zero-order valence-corrected chi connectivity index (χ0v) is 9.87. The first-order valence-electron chi connectivity index (χ1n) is 4.99. The van der Waals surface area contributed by atoms with Crippen molar-refractivity contribution in [2.75, 3.05) is 13.1 Å². The second kappa shape index (κ2) is 4.60. The van der Waals surface area contributed by atoms with Gasteiger partial charge in [0.15, 0.2) is 0 Å². The lowest BCUT2D eigenvalue weighted by atomic mass is 10.2. The summed E-state index contributed by atoms with van der Waals surface area (Å²) in [6, 6.07) is 5.09. The van der Waals surface area contributed by atoms with Crippen molar-refractivity contribution in [3.05, 3.63) is 34.1 Å². The van der Waals surface area contributed by atoms with Gasteiger partial charge in [-0.3, -0.25) is 4.90 Å². The number of halogens is 2. The van der Waals surface area contributed by atoms with E-state index in [-0.39, 0.29) is 11.9 Å². The van der Waals surface area contributed by atoms with Crippen LogP contribution >= 0.6 is 15.9 Å². The van der Waals surface area contributed by atoms with Crippen LogP contribution in [0.3, 0.4) is 0 Å². The molecule has 1 fully saturated rings. The topological polar surface area (TPSA) is 23.5 Å². The molecule has 1 aromatic rings. The van der Waals surface area contributed by atoms with Crippen molar-refractivity contribution in [1.82, 2.24) is 4.90 Å². The van der Waals surface area contributed by atoms with Crippen LogP contribution in [0.1, 0.15) is 12.0 Å². The van der Waals surface area contributed by atoms with E-state index in [9.17, 15) is 9.50 Å². The van der Waals surface area contributed by atoms with Gasteiger partial charge in [0.25, 0.3) is 0 Å². The van der Waals surface area contributed by atoms with Gasteiger partial charge >= 0.3 is 0 Å². The molecule has 15 heavy (non-hydrogen) atoms. The van der Waals surface area contributed by atoms with Crippen LogP contribution < -0.4 is 0 Å². The number of aliphatic hydroxyl groups is 1. The van der Waals surface area contributed by atoms with Crippen molar-refractivity contribution in [2.24, 2.45) is 0 Å². The van der Waals surface area contributed by atoms with Gasteiger partial charge in [0, 0.05) is 29.7 Å². The Balaban J connectivity index is 2.04. The maximum absolute atomic E-state index is 13.5. The molecule has 1 aromatic carbocycles. The Labute approximate surface area is 96.8 Å². The number of β-amino-alcohol motifs (C(OH)–C–C–N with tert-alkyl or cyclic N) is 1. The number of hydrogen-bond acceptors (Lipinski definition) is 2. The highest BCUT2D eigenvalue weighted by Gasteiger charge is 2.20. The number of aliphatic hydroxyl groups excluding tert-OH is 1. The zero-order valence-electron chi connectivity index (χ0n) is 8.29. The van der Waals surface area contributed by atoms with Gasteiger partial charge in [-0.1, -0.05) is 22.0 Å². The zero-order chi connectivity index (χ0) is 10.8. The molecule has 4 heteroatoms. The van der Waals surface area contributed by atoms with Crippen LogP contribution in [0.25, 0.3) is 0 Å². The molecule has 1 unspecified atom stereocenters. The summed E-state index contributed by atoms with van der Waals surface area (Å²) in [4.78, 5) is 2.07. The van der Waals surface area contributed by atoms with Gasteiger partial charge in [0.1, 0.15) is 5.82 Å². The van der Waals surface area contributed by atoms with Gasteiger partial charge in [0.05, 0.1) is 6.10 Å². The third kappa shape index (κ3) is 2.77. The quantitative estimate of drug-likeness (QED) is 0.893. The lowest BCUT2D eigenvalue weighted by Gasteiger charge is -2.15. The van der Waals surface area contributed by atoms with E-state index in [1.165, 1.54) is 6.07 Å². The molecule has 0 aromatic heterocycles. The van der Waals surface area contributed by atoms with Gasteiger partial charge in [-0.2, -0.15) is 0 Å². The number of rotatable bonds is 2. The molecule has 1 saturated heterocycles. The lowest BCUT2D eigenvalue weighted by molar-refractivity contribution is 0.174. The summed E-state index contributed by atoms with van der Waals surface area (Å²) < 4.78 is 14.2. The SMILES string of the molecule is OC1CCN(Cc2ccc(Br)cc2F)C1. The molecule has 82 valence electrons.